The largest absolute Gasteiger partial charge is 0.390 e. The van der Waals surface area contributed by atoms with E-state index in [1.165, 1.54) is 0 Å². The van der Waals surface area contributed by atoms with Crippen LogP contribution in [0.3, 0.4) is 0 Å². The first-order chi connectivity index (χ1) is 13.7. The Labute approximate surface area is 165 Å². The van der Waals surface area contributed by atoms with E-state index in [0.717, 1.165) is 16.7 Å². The molecular weight excluding hydrogens is 352 g/mol. The lowest BCUT2D eigenvalue weighted by Crippen LogP contribution is -2.38. The van der Waals surface area contributed by atoms with E-state index < -0.39 is 24.1 Å². The van der Waals surface area contributed by atoms with E-state index in [0.29, 0.717) is 0 Å². The molecule has 0 aromatic heterocycles. The zero-order chi connectivity index (χ0) is 19.4. The van der Waals surface area contributed by atoms with E-state index in [-0.39, 0.29) is 13.0 Å². The van der Waals surface area contributed by atoms with Crippen LogP contribution in [0.2, 0.25) is 0 Å². The number of benzene rings is 3. The molecule has 0 radical (unpaired) electrons. The van der Waals surface area contributed by atoms with E-state index >= 15 is 0 Å². The normalized spacial score (nSPS) is 22.3. The molecule has 0 amide bonds. The van der Waals surface area contributed by atoms with Crippen LogP contribution in [-0.4, -0.2) is 35.3 Å². The molecule has 1 aliphatic heterocycles. The molecule has 2 N–H and O–H groups in total. The maximum Gasteiger partial charge on any atom is 0.157 e. The zero-order valence-electron chi connectivity index (χ0n) is 15.5. The van der Waals surface area contributed by atoms with Gasteiger partial charge in [-0.05, 0) is 16.7 Å². The summed E-state index contributed by atoms with van der Waals surface area (Å²) >= 11 is 0. The first kappa shape index (κ1) is 18.8. The Morgan fingerprint density at radius 1 is 0.750 bits per heavy atom. The predicted octanol–water partition coefficient (Wildman–Crippen LogP) is 3.46. The second-order valence-electron chi connectivity index (χ2n) is 7.02. The van der Waals surface area contributed by atoms with Crippen molar-refractivity contribution in [1.29, 1.82) is 0 Å². The maximum absolute atomic E-state index is 10.2. The summed E-state index contributed by atoms with van der Waals surface area (Å²) in [6, 6.07) is 30.1. The monoisotopic (exact) mass is 376 g/mol. The SMILES string of the molecule is O[C@@H]1C[C@@H](O)[C@@H](COC(c2ccccc2)(c2ccccc2)c2ccccc2)O1. The van der Waals surface area contributed by atoms with Crippen LogP contribution in [0.1, 0.15) is 23.1 Å². The van der Waals surface area contributed by atoms with Crippen molar-refractivity contribution in [2.24, 2.45) is 0 Å². The van der Waals surface area contributed by atoms with Gasteiger partial charge < -0.3 is 19.7 Å². The van der Waals surface area contributed by atoms with E-state index in [2.05, 4.69) is 0 Å². The lowest BCUT2D eigenvalue weighted by Gasteiger charge is -2.37. The summed E-state index contributed by atoms with van der Waals surface area (Å²) in [6.45, 7) is 0.150. The zero-order valence-corrected chi connectivity index (χ0v) is 15.5. The Kier molecular flexibility index (Phi) is 5.55. The molecule has 1 saturated heterocycles. The van der Waals surface area contributed by atoms with Gasteiger partial charge in [-0.15, -0.1) is 0 Å². The Bertz CT molecular complexity index is 770. The van der Waals surface area contributed by atoms with Crippen LogP contribution in [0.25, 0.3) is 0 Å². The van der Waals surface area contributed by atoms with Crippen LogP contribution in [0.4, 0.5) is 0 Å². The number of aliphatic hydroxyl groups is 2. The van der Waals surface area contributed by atoms with Crippen molar-refractivity contribution in [2.75, 3.05) is 6.61 Å². The molecule has 4 nitrogen and oxygen atoms in total. The predicted molar refractivity (Wildman–Crippen MR) is 107 cm³/mol. The minimum Gasteiger partial charge on any atom is -0.390 e. The standard InChI is InChI=1S/C24H24O4/c25-21-16-23(26)28-22(21)17-27-24(18-10-4-1-5-11-18,19-12-6-2-7-13-19)20-14-8-3-9-15-20/h1-15,21-23,25-26H,16-17H2/t21-,22-,23+/m1/s1. The van der Waals surface area contributed by atoms with E-state index in [1.54, 1.807) is 0 Å². The average molecular weight is 376 g/mol. The van der Waals surface area contributed by atoms with Crippen LogP contribution in [0.15, 0.2) is 91.0 Å². The van der Waals surface area contributed by atoms with Gasteiger partial charge in [-0.25, -0.2) is 0 Å². The molecule has 0 bridgehead atoms. The molecule has 3 aromatic rings. The van der Waals surface area contributed by atoms with Crippen molar-refractivity contribution < 1.29 is 19.7 Å². The molecule has 0 unspecified atom stereocenters. The molecule has 4 heteroatoms. The Hall–Kier alpha value is -2.50. The van der Waals surface area contributed by atoms with Gasteiger partial charge in [0.15, 0.2) is 6.29 Å². The lowest BCUT2D eigenvalue weighted by molar-refractivity contribution is -0.130. The Morgan fingerprint density at radius 2 is 1.18 bits per heavy atom. The van der Waals surface area contributed by atoms with Gasteiger partial charge in [0.2, 0.25) is 0 Å². The molecule has 4 rings (SSSR count). The minimum absolute atomic E-state index is 0.150. The summed E-state index contributed by atoms with van der Waals surface area (Å²) in [7, 11) is 0. The summed E-state index contributed by atoms with van der Waals surface area (Å²) in [4.78, 5) is 0. The first-order valence-corrected chi connectivity index (χ1v) is 9.52. The lowest BCUT2D eigenvalue weighted by atomic mass is 9.80. The molecule has 1 fully saturated rings. The third kappa shape index (κ3) is 3.60. The fraction of sp³-hybridized carbons (Fsp3) is 0.250. The van der Waals surface area contributed by atoms with Gasteiger partial charge in [0, 0.05) is 6.42 Å². The molecule has 3 atom stereocenters. The van der Waals surface area contributed by atoms with Gasteiger partial charge in [0.05, 0.1) is 12.7 Å². The number of hydrogen-bond donors (Lipinski definition) is 2. The minimum atomic E-state index is -0.955. The van der Waals surface area contributed by atoms with Crippen LogP contribution in [0.5, 0.6) is 0 Å². The van der Waals surface area contributed by atoms with E-state index in [9.17, 15) is 10.2 Å². The highest BCUT2D eigenvalue weighted by molar-refractivity contribution is 5.47. The van der Waals surface area contributed by atoms with Crippen molar-refractivity contribution in [2.45, 2.75) is 30.5 Å². The van der Waals surface area contributed by atoms with Gasteiger partial charge in [0.25, 0.3) is 0 Å². The third-order valence-electron chi connectivity index (χ3n) is 5.21. The molecule has 0 aliphatic carbocycles. The molecule has 0 spiro atoms. The maximum atomic E-state index is 10.2. The third-order valence-corrected chi connectivity index (χ3v) is 5.21. The topological polar surface area (TPSA) is 58.9 Å². The number of hydrogen-bond acceptors (Lipinski definition) is 4. The summed E-state index contributed by atoms with van der Waals surface area (Å²) in [5, 5.41) is 19.9. The highest BCUT2D eigenvalue weighted by Gasteiger charge is 2.40. The molecule has 1 aliphatic rings. The molecule has 144 valence electrons. The molecular formula is C24H24O4. The fourth-order valence-corrected chi connectivity index (χ4v) is 3.83. The molecule has 0 saturated carbocycles. The number of aliphatic hydroxyl groups excluding tert-OH is 2. The van der Waals surface area contributed by atoms with Crippen LogP contribution >= 0.6 is 0 Å². The van der Waals surface area contributed by atoms with Crippen molar-refractivity contribution in [3.8, 4) is 0 Å². The summed E-state index contributed by atoms with van der Waals surface area (Å²) in [5.74, 6) is 0. The molecule has 28 heavy (non-hydrogen) atoms. The van der Waals surface area contributed by atoms with Gasteiger partial charge in [-0.2, -0.15) is 0 Å². The second kappa shape index (κ2) is 8.25. The highest BCUT2D eigenvalue weighted by atomic mass is 16.6. The average Bonchev–Trinajstić information content (AvgIpc) is 3.08. The summed E-state index contributed by atoms with van der Waals surface area (Å²) < 4.78 is 12.1. The van der Waals surface area contributed by atoms with Crippen molar-refractivity contribution in [1.82, 2.24) is 0 Å². The summed E-state index contributed by atoms with van der Waals surface area (Å²) in [6.07, 6.45) is -2.09. The number of ether oxygens (including phenoxy) is 2. The first-order valence-electron chi connectivity index (χ1n) is 9.52. The Morgan fingerprint density at radius 3 is 1.54 bits per heavy atom. The van der Waals surface area contributed by atoms with Crippen LogP contribution < -0.4 is 0 Å². The van der Waals surface area contributed by atoms with Gasteiger partial charge in [-0.3, -0.25) is 0 Å². The number of rotatable bonds is 6. The van der Waals surface area contributed by atoms with Crippen LogP contribution in [-0.2, 0) is 15.1 Å². The van der Waals surface area contributed by atoms with Crippen molar-refractivity contribution in [3.63, 3.8) is 0 Å². The van der Waals surface area contributed by atoms with E-state index in [1.807, 2.05) is 91.0 Å². The van der Waals surface area contributed by atoms with Crippen LogP contribution in [0, 0.1) is 0 Å². The van der Waals surface area contributed by atoms with Crippen molar-refractivity contribution in [3.05, 3.63) is 108 Å². The molecule has 3 aromatic carbocycles. The van der Waals surface area contributed by atoms with Gasteiger partial charge >= 0.3 is 0 Å². The quantitative estimate of drug-likeness (QED) is 0.647. The Balaban J connectivity index is 1.81. The fourth-order valence-electron chi connectivity index (χ4n) is 3.83. The molecule has 1 heterocycles. The second-order valence-corrected chi connectivity index (χ2v) is 7.02. The highest BCUT2D eigenvalue weighted by Crippen LogP contribution is 2.41. The van der Waals surface area contributed by atoms with Crippen molar-refractivity contribution >= 4 is 0 Å². The van der Waals surface area contributed by atoms with Gasteiger partial charge in [-0.1, -0.05) is 91.0 Å². The summed E-state index contributed by atoms with van der Waals surface area (Å²) in [5.41, 5.74) is 2.10. The van der Waals surface area contributed by atoms with E-state index in [4.69, 9.17) is 9.47 Å². The van der Waals surface area contributed by atoms with Gasteiger partial charge in [0.1, 0.15) is 11.7 Å². The smallest absolute Gasteiger partial charge is 0.157 e.